The third-order valence-corrected chi connectivity index (χ3v) is 6.18. The van der Waals surface area contributed by atoms with Crippen LogP contribution in [-0.2, 0) is 0 Å². The minimum absolute atomic E-state index is 0.109. The molecule has 0 saturated heterocycles. The fourth-order valence-corrected chi connectivity index (χ4v) is 4.51. The Balaban J connectivity index is 1.74. The molecular weight excluding hydrogens is 406 g/mol. The van der Waals surface area contributed by atoms with Crippen LogP contribution in [0.5, 0.6) is 5.75 Å². The molecule has 0 heterocycles. The molecule has 3 heteroatoms. The fourth-order valence-electron chi connectivity index (χ4n) is 4.51. The number of benzene rings is 5. The van der Waals surface area contributed by atoms with Crippen molar-refractivity contribution in [3.05, 3.63) is 114 Å². The summed E-state index contributed by atoms with van der Waals surface area (Å²) in [6.45, 7) is 2.01. The van der Waals surface area contributed by atoms with E-state index in [0.717, 1.165) is 44.0 Å². The summed E-state index contributed by atoms with van der Waals surface area (Å²) >= 11 is 0. The predicted molar refractivity (Wildman–Crippen MR) is 136 cm³/mol. The largest absolute Gasteiger partial charge is 0.496 e. The van der Waals surface area contributed by atoms with E-state index in [2.05, 4.69) is 35.6 Å². The molecule has 0 saturated carbocycles. The quantitative estimate of drug-likeness (QED) is 0.321. The van der Waals surface area contributed by atoms with E-state index in [1.54, 1.807) is 7.11 Å². The molecule has 0 aliphatic rings. The first-order valence-corrected chi connectivity index (χ1v) is 11.1. The first-order chi connectivity index (χ1) is 16.2. The second-order valence-corrected chi connectivity index (χ2v) is 8.18. The van der Waals surface area contributed by atoms with Crippen molar-refractivity contribution in [2.24, 2.45) is 0 Å². The van der Waals surface area contributed by atoms with Crippen molar-refractivity contribution in [1.82, 2.24) is 5.32 Å². The van der Waals surface area contributed by atoms with Gasteiger partial charge in [0.2, 0.25) is 0 Å². The average molecular weight is 432 g/mol. The Morgan fingerprint density at radius 1 is 0.697 bits per heavy atom. The number of rotatable bonds is 5. The molecule has 0 fully saturated rings. The van der Waals surface area contributed by atoms with Crippen LogP contribution in [-0.4, -0.2) is 13.0 Å². The number of carbonyl (C=O) groups excluding carboxylic acids is 1. The van der Waals surface area contributed by atoms with Gasteiger partial charge in [-0.2, -0.15) is 0 Å². The van der Waals surface area contributed by atoms with Gasteiger partial charge in [-0.15, -0.1) is 0 Å². The molecule has 1 amide bonds. The van der Waals surface area contributed by atoms with Crippen molar-refractivity contribution in [3.8, 4) is 16.9 Å². The highest BCUT2D eigenvalue weighted by molar-refractivity contribution is 6.15. The van der Waals surface area contributed by atoms with Crippen molar-refractivity contribution in [2.45, 2.75) is 13.0 Å². The molecule has 0 radical (unpaired) electrons. The van der Waals surface area contributed by atoms with Gasteiger partial charge in [0, 0.05) is 16.7 Å². The molecule has 5 rings (SSSR count). The molecule has 33 heavy (non-hydrogen) atoms. The van der Waals surface area contributed by atoms with E-state index in [1.807, 2.05) is 79.7 Å². The van der Waals surface area contributed by atoms with Gasteiger partial charge in [-0.05, 0) is 46.2 Å². The monoisotopic (exact) mass is 431 g/mol. The number of amides is 1. The van der Waals surface area contributed by atoms with E-state index < -0.39 is 0 Å². The molecule has 0 aliphatic carbocycles. The lowest BCUT2D eigenvalue weighted by molar-refractivity contribution is 0.0940. The van der Waals surface area contributed by atoms with Crippen molar-refractivity contribution < 1.29 is 9.53 Å². The Labute approximate surface area is 193 Å². The standard InChI is InChI=1S/C30H25NO2/c1-20(21-10-4-3-5-11-21)31-30(32)26-18-16-22-12-6-8-14-24(22)28(26)29-25-15-9-7-13-23(25)17-19-27(29)33-2/h3-20H,1-2H3,(H,31,32)/t20-/m1/s1. The normalized spacial score (nSPS) is 11.9. The number of nitrogens with one attached hydrogen (secondary N) is 1. The number of hydrogen-bond donors (Lipinski definition) is 1. The fraction of sp³-hybridized carbons (Fsp3) is 0.100. The SMILES string of the molecule is COc1ccc2ccccc2c1-c1c(C(=O)N[C@H](C)c2ccccc2)ccc2ccccc12. The second kappa shape index (κ2) is 8.79. The van der Waals surface area contributed by atoms with Gasteiger partial charge in [-0.3, -0.25) is 4.79 Å². The zero-order valence-electron chi connectivity index (χ0n) is 18.7. The molecule has 0 bridgehead atoms. The summed E-state index contributed by atoms with van der Waals surface area (Å²) in [7, 11) is 1.68. The van der Waals surface area contributed by atoms with E-state index >= 15 is 0 Å². The zero-order chi connectivity index (χ0) is 22.8. The van der Waals surface area contributed by atoms with Gasteiger partial charge in [0.1, 0.15) is 5.75 Å². The average Bonchev–Trinajstić information content (AvgIpc) is 2.87. The summed E-state index contributed by atoms with van der Waals surface area (Å²) in [5, 5.41) is 7.45. The lowest BCUT2D eigenvalue weighted by atomic mass is 9.89. The maximum absolute atomic E-state index is 13.7. The first kappa shape index (κ1) is 20.8. The van der Waals surface area contributed by atoms with Gasteiger partial charge in [0.25, 0.3) is 5.91 Å². The smallest absolute Gasteiger partial charge is 0.252 e. The Hall–Kier alpha value is -4.11. The summed E-state index contributed by atoms with van der Waals surface area (Å²) < 4.78 is 5.81. The Bertz CT molecular complexity index is 1460. The molecule has 5 aromatic rings. The minimum Gasteiger partial charge on any atom is -0.496 e. The second-order valence-electron chi connectivity index (χ2n) is 8.18. The van der Waals surface area contributed by atoms with Crippen LogP contribution < -0.4 is 10.1 Å². The van der Waals surface area contributed by atoms with Crippen molar-refractivity contribution in [1.29, 1.82) is 0 Å². The van der Waals surface area contributed by atoms with Crippen LogP contribution in [0.3, 0.4) is 0 Å². The molecule has 0 aliphatic heterocycles. The highest BCUT2D eigenvalue weighted by Crippen LogP contribution is 2.42. The summed E-state index contributed by atoms with van der Waals surface area (Å²) in [4.78, 5) is 13.7. The van der Waals surface area contributed by atoms with Gasteiger partial charge in [0.15, 0.2) is 0 Å². The number of fused-ring (bicyclic) bond motifs is 2. The van der Waals surface area contributed by atoms with E-state index in [0.29, 0.717) is 5.56 Å². The predicted octanol–water partition coefficient (Wildman–Crippen LogP) is 7.16. The van der Waals surface area contributed by atoms with Crippen LogP contribution in [0.25, 0.3) is 32.7 Å². The van der Waals surface area contributed by atoms with E-state index in [4.69, 9.17) is 4.74 Å². The lowest BCUT2D eigenvalue weighted by Gasteiger charge is -2.20. The third kappa shape index (κ3) is 3.83. The maximum Gasteiger partial charge on any atom is 0.252 e. The van der Waals surface area contributed by atoms with Crippen LogP contribution in [0.1, 0.15) is 28.9 Å². The minimum atomic E-state index is -0.118. The number of methoxy groups -OCH3 is 1. The Morgan fingerprint density at radius 3 is 1.94 bits per heavy atom. The van der Waals surface area contributed by atoms with E-state index in [1.165, 1.54) is 0 Å². The molecular formula is C30H25NO2. The highest BCUT2D eigenvalue weighted by atomic mass is 16.5. The lowest BCUT2D eigenvalue weighted by Crippen LogP contribution is -2.27. The van der Waals surface area contributed by atoms with Gasteiger partial charge in [-0.1, -0.05) is 91.0 Å². The summed E-state index contributed by atoms with van der Waals surface area (Å²) in [5.41, 5.74) is 3.52. The molecule has 5 aromatic carbocycles. The molecule has 162 valence electrons. The van der Waals surface area contributed by atoms with Crippen LogP contribution in [0.15, 0.2) is 103 Å². The van der Waals surface area contributed by atoms with Crippen LogP contribution in [0.4, 0.5) is 0 Å². The number of hydrogen-bond acceptors (Lipinski definition) is 2. The van der Waals surface area contributed by atoms with Crippen molar-refractivity contribution in [2.75, 3.05) is 7.11 Å². The molecule has 0 unspecified atom stereocenters. The topological polar surface area (TPSA) is 38.3 Å². The van der Waals surface area contributed by atoms with Crippen LogP contribution in [0, 0.1) is 0 Å². The van der Waals surface area contributed by atoms with Gasteiger partial charge in [0.05, 0.1) is 13.2 Å². The van der Waals surface area contributed by atoms with E-state index in [9.17, 15) is 4.79 Å². The summed E-state index contributed by atoms with van der Waals surface area (Å²) in [5.74, 6) is 0.636. The van der Waals surface area contributed by atoms with E-state index in [-0.39, 0.29) is 11.9 Å². The molecule has 0 aromatic heterocycles. The first-order valence-electron chi connectivity index (χ1n) is 11.1. The molecule has 3 nitrogen and oxygen atoms in total. The summed E-state index contributed by atoms with van der Waals surface area (Å²) in [6.07, 6.45) is 0. The van der Waals surface area contributed by atoms with Crippen molar-refractivity contribution >= 4 is 27.5 Å². The maximum atomic E-state index is 13.7. The van der Waals surface area contributed by atoms with Crippen LogP contribution in [0.2, 0.25) is 0 Å². The van der Waals surface area contributed by atoms with Crippen molar-refractivity contribution in [3.63, 3.8) is 0 Å². The van der Waals surface area contributed by atoms with Gasteiger partial charge in [-0.25, -0.2) is 0 Å². The molecule has 1 atom stereocenters. The van der Waals surface area contributed by atoms with Crippen LogP contribution >= 0.6 is 0 Å². The zero-order valence-corrected chi connectivity index (χ0v) is 18.7. The number of ether oxygens (including phenoxy) is 1. The molecule has 0 spiro atoms. The highest BCUT2D eigenvalue weighted by Gasteiger charge is 2.22. The van der Waals surface area contributed by atoms with Gasteiger partial charge >= 0.3 is 0 Å². The Morgan fingerprint density at radius 2 is 1.27 bits per heavy atom. The Kier molecular flexibility index (Phi) is 5.54. The number of carbonyl (C=O) groups is 1. The molecule has 1 N–H and O–H groups in total. The summed E-state index contributed by atoms with van der Waals surface area (Å²) in [6, 6.07) is 34.3. The van der Waals surface area contributed by atoms with Gasteiger partial charge < -0.3 is 10.1 Å². The third-order valence-electron chi connectivity index (χ3n) is 6.18.